The lowest BCUT2D eigenvalue weighted by molar-refractivity contribution is 0.210. The zero-order valence-corrected chi connectivity index (χ0v) is 11.0. The van der Waals surface area contributed by atoms with Crippen LogP contribution >= 0.6 is 0 Å². The summed E-state index contributed by atoms with van der Waals surface area (Å²) in [6.07, 6.45) is 0. The van der Waals surface area contributed by atoms with Gasteiger partial charge < -0.3 is 19.5 Å². The molecule has 5 heteroatoms. The van der Waals surface area contributed by atoms with Crippen LogP contribution in [0.3, 0.4) is 0 Å². The van der Waals surface area contributed by atoms with E-state index >= 15 is 0 Å². The Balaban J connectivity index is 3.02. The molecule has 0 heterocycles. The first kappa shape index (κ1) is 13.7. The molecule has 0 unspecified atom stereocenters. The lowest BCUT2D eigenvalue weighted by Crippen LogP contribution is -2.21. The monoisotopic (exact) mass is 237 g/mol. The van der Waals surface area contributed by atoms with Crippen molar-refractivity contribution in [2.24, 2.45) is 0 Å². The van der Waals surface area contributed by atoms with E-state index in [2.05, 4.69) is 18.2 Å². The van der Waals surface area contributed by atoms with Crippen LogP contribution in [0.15, 0.2) is 12.1 Å². The van der Waals surface area contributed by atoms with Gasteiger partial charge in [-0.3, -0.25) is 0 Å². The second-order valence-electron chi connectivity index (χ2n) is 3.61. The van der Waals surface area contributed by atoms with Gasteiger partial charge >= 0.3 is 0 Å². The molecule has 0 aromatic heterocycles. The summed E-state index contributed by atoms with van der Waals surface area (Å²) in [4.78, 5) is 0. The Labute approximate surface area is 103 Å². The largest absolute Gasteiger partial charge is 0.493 e. The van der Waals surface area contributed by atoms with Crippen LogP contribution in [0.5, 0.6) is 11.5 Å². The molecule has 4 nitrogen and oxygen atoms in total. The lowest BCUT2D eigenvalue weighted by atomic mass is 9.72. The molecule has 0 atom stereocenters. The van der Waals surface area contributed by atoms with E-state index in [9.17, 15) is 0 Å². The van der Waals surface area contributed by atoms with Crippen LogP contribution in [0.1, 0.15) is 0 Å². The van der Waals surface area contributed by atoms with Crippen LogP contribution in [-0.4, -0.2) is 41.8 Å². The predicted molar refractivity (Wildman–Crippen MR) is 72.6 cm³/mol. The Morgan fingerprint density at radius 3 is 2.47 bits per heavy atom. The Kier molecular flexibility index (Phi) is 5.70. The molecule has 0 spiro atoms. The third-order valence-corrected chi connectivity index (χ3v) is 2.62. The summed E-state index contributed by atoms with van der Waals surface area (Å²) in [5.74, 6) is 1.49. The fourth-order valence-corrected chi connectivity index (χ4v) is 1.73. The minimum absolute atomic E-state index is 0.656. The van der Waals surface area contributed by atoms with E-state index in [4.69, 9.17) is 14.2 Å². The predicted octanol–water partition coefficient (Wildman–Crippen LogP) is 0.872. The van der Waals surface area contributed by atoms with Gasteiger partial charge in [0.15, 0.2) is 18.8 Å². The normalized spacial score (nSPS) is 9.88. The van der Waals surface area contributed by atoms with Gasteiger partial charge in [0, 0.05) is 13.7 Å². The Morgan fingerprint density at radius 2 is 1.94 bits per heavy atom. The van der Waals surface area contributed by atoms with Crippen LogP contribution in [0.2, 0.25) is 6.82 Å². The van der Waals surface area contributed by atoms with Gasteiger partial charge in [0.1, 0.15) is 0 Å². The molecule has 0 bridgehead atoms. The van der Waals surface area contributed by atoms with E-state index in [1.807, 2.05) is 6.07 Å². The Morgan fingerprint density at radius 1 is 1.18 bits per heavy atom. The van der Waals surface area contributed by atoms with Gasteiger partial charge in [-0.05, 0) is 6.07 Å². The second-order valence-corrected chi connectivity index (χ2v) is 3.61. The van der Waals surface area contributed by atoms with Crippen LogP contribution in [-0.2, 0) is 4.74 Å². The van der Waals surface area contributed by atoms with Gasteiger partial charge in [-0.15, -0.1) is 0 Å². The van der Waals surface area contributed by atoms with Gasteiger partial charge in [-0.25, -0.2) is 0 Å². The zero-order valence-electron chi connectivity index (χ0n) is 11.0. The maximum absolute atomic E-state index is 5.41. The number of hydrogen-bond acceptors (Lipinski definition) is 4. The number of benzene rings is 1. The molecule has 17 heavy (non-hydrogen) atoms. The van der Waals surface area contributed by atoms with E-state index in [1.54, 1.807) is 21.3 Å². The molecule has 1 aromatic rings. The van der Waals surface area contributed by atoms with Crippen molar-refractivity contribution in [3.63, 3.8) is 0 Å². The van der Waals surface area contributed by atoms with Crippen molar-refractivity contribution in [2.45, 2.75) is 6.82 Å². The second kappa shape index (κ2) is 7.07. The quantitative estimate of drug-likeness (QED) is 0.564. The standard InChI is InChI=1S/C12H20BNO3/c1-13-9-5-6-10(16-3)12(17-4)11(9)14-7-8-15-2/h5-6,13-14H,7-8H2,1-4H3. The number of anilines is 1. The fourth-order valence-electron chi connectivity index (χ4n) is 1.73. The van der Waals surface area contributed by atoms with Crippen molar-refractivity contribution in [1.29, 1.82) is 0 Å². The van der Waals surface area contributed by atoms with Crippen molar-refractivity contribution in [1.82, 2.24) is 0 Å². The summed E-state index contributed by atoms with van der Waals surface area (Å²) in [6.45, 7) is 3.51. The lowest BCUT2D eigenvalue weighted by Gasteiger charge is -2.17. The SMILES string of the molecule is CBc1ccc(OC)c(OC)c1NCCOC. The molecule has 0 saturated carbocycles. The summed E-state index contributed by atoms with van der Waals surface area (Å²) in [7, 11) is 5.92. The highest BCUT2D eigenvalue weighted by atomic mass is 16.5. The van der Waals surface area contributed by atoms with Crippen molar-refractivity contribution in [3.05, 3.63) is 12.1 Å². The molecular weight excluding hydrogens is 217 g/mol. The maximum atomic E-state index is 5.41. The smallest absolute Gasteiger partial charge is 0.183 e. The summed E-state index contributed by atoms with van der Waals surface area (Å²) >= 11 is 0. The summed E-state index contributed by atoms with van der Waals surface area (Å²) in [5, 5.41) is 3.33. The molecule has 94 valence electrons. The molecule has 1 rings (SSSR count). The summed E-state index contributed by atoms with van der Waals surface area (Å²) < 4.78 is 15.7. The van der Waals surface area contributed by atoms with Crippen LogP contribution in [0.4, 0.5) is 5.69 Å². The van der Waals surface area contributed by atoms with Gasteiger partial charge in [-0.1, -0.05) is 18.4 Å². The number of ether oxygens (including phenoxy) is 3. The highest BCUT2D eigenvalue weighted by molar-refractivity contribution is 6.54. The van der Waals surface area contributed by atoms with E-state index in [-0.39, 0.29) is 0 Å². The van der Waals surface area contributed by atoms with Gasteiger partial charge in [-0.2, -0.15) is 0 Å². The minimum atomic E-state index is 0.656. The molecule has 0 saturated heterocycles. The van der Waals surface area contributed by atoms with E-state index in [0.717, 1.165) is 31.0 Å². The molecule has 1 N–H and O–H groups in total. The molecule has 0 fully saturated rings. The summed E-state index contributed by atoms with van der Waals surface area (Å²) in [6, 6.07) is 3.98. The van der Waals surface area contributed by atoms with Crippen molar-refractivity contribution >= 4 is 18.4 Å². The van der Waals surface area contributed by atoms with Crippen molar-refractivity contribution in [2.75, 3.05) is 39.8 Å². The Bertz CT molecular complexity index is 358. The zero-order chi connectivity index (χ0) is 12.7. The molecule has 0 aliphatic rings. The topological polar surface area (TPSA) is 39.7 Å². The first-order valence-corrected chi connectivity index (χ1v) is 5.75. The molecule has 1 aromatic carbocycles. The van der Waals surface area contributed by atoms with Crippen LogP contribution in [0.25, 0.3) is 0 Å². The third-order valence-electron chi connectivity index (χ3n) is 2.62. The number of hydrogen-bond donors (Lipinski definition) is 1. The van der Waals surface area contributed by atoms with Crippen molar-refractivity contribution < 1.29 is 14.2 Å². The molecule has 0 radical (unpaired) electrons. The number of rotatable bonds is 7. The first-order chi connectivity index (χ1) is 8.28. The van der Waals surface area contributed by atoms with E-state index in [1.165, 1.54) is 5.46 Å². The van der Waals surface area contributed by atoms with Crippen molar-refractivity contribution in [3.8, 4) is 11.5 Å². The molecule has 0 amide bonds. The average molecular weight is 237 g/mol. The van der Waals surface area contributed by atoms with Crippen LogP contribution in [0, 0.1) is 0 Å². The Hall–Kier alpha value is -1.36. The summed E-state index contributed by atoms with van der Waals surface area (Å²) in [5.41, 5.74) is 2.20. The first-order valence-electron chi connectivity index (χ1n) is 5.75. The molecule has 0 aliphatic carbocycles. The number of methoxy groups -OCH3 is 3. The highest BCUT2D eigenvalue weighted by Gasteiger charge is 2.13. The fraction of sp³-hybridized carbons (Fsp3) is 0.500. The molecule has 0 aliphatic heterocycles. The van der Waals surface area contributed by atoms with Gasteiger partial charge in [0.2, 0.25) is 0 Å². The minimum Gasteiger partial charge on any atom is -0.493 e. The van der Waals surface area contributed by atoms with Gasteiger partial charge in [0.25, 0.3) is 0 Å². The van der Waals surface area contributed by atoms with E-state index in [0.29, 0.717) is 6.61 Å². The number of nitrogens with one attached hydrogen (secondary N) is 1. The average Bonchev–Trinajstić information content (AvgIpc) is 2.38. The van der Waals surface area contributed by atoms with Gasteiger partial charge in [0.05, 0.1) is 26.5 Å². The van der Waals surface area contributed by atoms with E-state index < -0.39 is 0 Å². The third kappa shape index (κ3) is 3.30. The molecular formula is C12H20BNO3. The maximum Gasteiger partial charge on any atom is 0.183 e. The highest BCUT2D eigenvalue weighted by Crippen LogP contribution is 2.33. The van der Waals surface area contributed by atoms with Crippen LogP contribution < -0.4 is 20.3 Å².